The number of carboxylic acid groups (broad SMARTS) is 1. The Hall–Kier alpha value is -2.52. The van der Waals surface area contributed by atoms with Gasteiger partial charge in [0.1, 0.15) is 5.82 Å². The number of carbonyl (C=O) groups is 1. The highest BCUT2D eigenvalue weighted by Crippen LogP contribution is 2.27. The van der Waals surface area contributed by atoms with Gasteiger partial charge in [-0.2, -0.15) is 5.10 Å². The first-order chi connectivity index (χ1) is 12.2. The molecule has 8 nitrogen and oxygen atoms in total. The minimum absolute atomic E-state index is 0.123. The third-order valence-corrected chi connectivity index (χ3v) is 5.52. The zero-order valence-corrected chi connectivity index (χ0v) is 15.7. The Bertz CT molecular complexity index is 1100. The molecule has 0 unspecified atom stereocenters. The van der Waals surface area contributed by atoms with Crippen LogP contribution in [0, 0.1) is 6.92 Å². The molecular weight excluding hydrogens is 380 g/mol. The van der Waals surface area contributed by atoms with E-state index in [2.05, 4.69) is 5.10 Å². The number of rotatable bonds is 5. The third kappa shape index (κ3) is 3.54. The molecule has 0 aliphatic heterocycles. The molecule has 2 heterocycles. The minimum Gasteiger partial charge on any atom is -0.464 e. The Morgan fingerprint density at radius 1 is 1.35 bits per heavy atom. The highest BCUT2D eigenvalue weighted by molar-refractivity contribution is 7.90. The summed E-state index contributed by atoms with van der Waals surface area (Å²) in [5.41, 5.74) is 2.27. The summed E-state index contributed by atoms with van der Waals surface area (Å²) < 4.78 is 28.8. The Kier molecular flexibility index (Phi) is 4.68. The van der Waals surface area contributed by atoms with Gasteiger partial charge in [-0.3, -0.25) is 4.68 Å². The number of benzene rings is 1. The van der Waals surface area contributed by atoms with Gasteiger partial charge in [-0.15, -0.1) is 0 Å². The molecule has 0 spiro atoms. The van der Waals surface area contributed by atoms with Gasteiger partial charge in [-0.25, -0.2) is 17.9 Å². The van der Waals surface area contributed by atoms with Crippen molar-refractivity contribution in [2.75, 3.05) is 5.75 Å². The number of aromatic nitrogens is 3. The van der Waals surface area contributed by atoms with Crippen LogP contribution in [0.25, 0.3) is 16.7 Å². The smallest absolute Gasteiger partial charge is 0.418 e. The first kappa shape index (κ1) is 18.3. The second kappa shape index (κ2) is 6.65. The quantitative estimate of drug-likeness (QED) is 0.689. The fourth-order valence-corrected chi connectivity index (χ4v) is 4.00. The van der Waals surface area contributed by atoms with Gasteiger partial charge in [0.2, 0.25) is 10.0 Å². The second-order valence-corrected chi connectivity index (χ2v) is 8.15. The number of aryl methyl sites for hydroxylation is 2. The topological polar surface area (TPSA) is 106 Å². The van der Waals surface area contributed by atoms with Gasteiger partial charge in [0.05, 0.1) is 17.0 Å². The summed E-state index contributed by atoms with van der Waals surface area (Å²) in [5, 5.41) is 14.6. The summed E-state index contributed by atoms with van der Waals surface area (Å²) in [6.07, 6.45) is 0.391. The van der Waals surface area contributed by atoms with Crippen LogP contribution in [-0.4, -0.2) is 39.7 Å². The molecule has 3 aromatic rings. The average molecular weight is 397 g/mol. The second-order valence-electron chi connectivity index (χ2n) is 5.88. The molecule has 0 atom stereocenters. The SMILES string of the molecule is Cc1nn(C)c(-n2ccc3ccc(Cl)cc32)c1CCS(=O)(=O)NC(=O)O. The fourth-order valence-electron chi connectivity index (χ4n) is 2.99. The van der Waals surface area contributed by atoms with Crippen molar-refractivity contribution in [3.8, 4) is 5.82 Å². The first-order valence-corrected chi connectivity index (χ1v) is 9.74. The fraction of sp³-hybridized carbons (Fsp3) is 0.250. The van der Waals surface area contributed by atoms with E-state index in [0.29, 0.717) is 16.5 Å². The molecule has 3 rings (SSSR count). The van der Waals surface area contributed by atoms with Crippen LogP contribution >= 0.6 is 11.6 Å². The van der Waals surface area contributed by atoms with E-state index >= 15 is 0 Å². The molecule has 26 heavy (non-hydrogen) atoms. The van der Waals surface area contributed by atoms with E-state index in [-0.39, 0.29) is 12.2 Å². The van der Waals surface area contributed by atoms with Gasteiger partial charge in [0.25, 0.3) is 0 Å². The summed E-state index contributed by atoms with van der Waals surface area (Å²) in [6, 6.07) is 7.46. The number of fused-ring (bicyclic) bond motifs is 1. The van der Waals surface area contributed by atoms with Crippen LogP contribution in [0.1, 0.15) is 11.3 Å². The van der Waals surface area contributed by atoms with Gasteiger partial charge >= 0.3 is 6.09 Å². The van der Waals surface area contributed by atoms with Crippen molar-refractivity contribution in [1.82, 2.24) is 19.1 Å². The van der Waals surface area contributed by atoms with E-state index < -0.39 is 16.1 Å². The molecule has 10 heteroatoms. The number of halogens is 1. The largest absolute Gasteiger partial charge is 0.464 e. The first-order valence-electron chi connectivity index (χ1n) is 7.71. The van der Waals surface area contributed by atoms with Gasteiger partial charge in [0, 0.05) is 29.2 Å². The Labute approximate surface area is 155 Å². The predicted octanol–water partition coefficient (Wildman–Crippen LogP) is 2.47. The Morgan fingerprint density at radius 3 is 2.77 bits per heavy atom. The van der Waals surface area contributed by atoms with Crippen LogP contribution in [0.4, 0.5) is 4.79 Å². The van der Waals surface area contributed by atoms with Gasteiger partial charge < -0.3 is 9.67 Å². The summed E-state index contributed by atoms with van der Waals surface area (Å²) in [7, 11) is -2.17. The van der Waals surface area contributed by atoms with Crippen molar-refractivity contribution in [1.29, 1.82) is 0 Å². The lowest BCUT2D eigenvalue weighted by molar-refractivity contribution is 0.201. The molecule has 1 aromatic carbocycles. The van der Waals surface area contributed by atoms with Gasteiger partial charge in [-0.1, -0.05) is 17.7 Å². The molecule has 0 radical (unpaired) electrons. The van der Waals surface area contributed by atoms with Crippen molar-refractivity contribution in [3.05, 3.63) is 46.7 Å². The lowest BCUT2D eigenvalue weighted by Gasteiger charge is -2.10. The van der Waals surface area contributed by atoms with E-state index in [1.165, 1.54) is 0 Å². The van der Waals surface area contributed by atoms with E-state index in [1.54, 1.807) is 29.4 Å². The van der Waals surface area contributed by atoms with Gasteiger partial charge in [0.15, 0.2) is 0 Å². The van der Waals surface area contributed by atoms with Crippen LogP contribution in [0.15, 0.2) is 30.5 Å². The van der Waals surface area contributed by atoms with Crippen LogP contribution in [0.3, 0.4) is 0 Å². The predicted molar refractivity (Wildman–Crippen MR) is 98.4 cm³/mol. The zero-order chi connectivity index (χ0) is 19.1. The molecule has 2 N–H and O–H groups in total. The van der Waals surface area contributed by atoms with Crippen molar-refractivity contribution >= 4 is 38.6 Å². The molecule has 0 bridgehead atoms. The van der Waals surface area contributed by atoms with Crippen LogP contribution in [0.5, 0.6) is 0 Å². The molecular formula is C16H17ClN4O4S. The summed E-state index contributed by atoms with van der Waals surface area (Å²) in [5.74, 6) is 0.351. The molecule has 138 valence electrons. The van der Waals surface area contributed by atoms with Crippen LogP contribution in [-0.2, 0) is 23.5 Å². The average Bonchev–Trinajstić information content (AvgIpc) is 3.03. The third-order valence-electron chi connectivity index (χ3n) is 4.06. The van der Waals surface area contributed by atoms with Crippen LogP contribution in [0.2, 0.25) is 5.02 Å². The maximum atomic E-state index is 11.8. The number of sulfonamides is 1. The van der Waals surface area contributed by atoms with E-state index in [4.69, 9.17) is 16.7 Å². The highest BCUT2D eigenvalue weighted by Gasteiger charge is 2.20. The molecule has 1 amide bonds. The number of nitrogens with zero attached hydrogens (tertiary/aromatic N) is 3. The molecule has 2 aromatic heterocycles. The summed E-state index contributed by atoms with van der Waals surface area (Å²) in [4.78, 5) is 10.6. The Balaban J connectivity index is 2.03. The number of nitrogens with one attached hydrogen (secondary N) is 1. The monoisotopic (exact) mass is 396 g/mol. The zero-order valence-electron chi connectivity index (χ0n) is 14.1. The maximum absolute atomic E-state index is 11.8. The van der Waals surface area contributed by atoms with Crippen molar-refractivity contribution in [3.63, 3.8) is 0 Å². The molecule has 0 saturated heterocycles. The van der Waals surface area contributed by atoms with Crippen molar-refractivity contribution in [2.24, 2.45) is 7.05 Å². The maximum Gasteiger partial charge on any atom is 0.418 e. The Morgan fingerprint density at radius 2 is 2.08 bits per heavy atom. The number of amides is 1. The molecule has 0 saturated carbocycles. The minimum atomic E-state index is -3.94. The molecule has 0 aliphatic carbocycles. The number of hydrogen-bond donors (Lipinski definition) is 2. The van der Waals surface area contributed by atoms with E-state index in [1.807, 2.05) is 29.0 Å². The summed E-state index contributed by atoms with van der Waals surface area (Å²) >= 11 is 6.11. The molecule has 0 fully saturated rings. The highest BCUT2D eigenvalue weighted by atomic mass is 35.5. The lowest BCUT2D eigenvalue weighted by atomic mass is 10.2. The number of hydrogen-bond acceptors (Lipinski definition) is 4. The van der Waals surface area contributed by atoms with E-state index in [9.17, 15) is 13.2 Å². The normalized spacial score (nSPS) is 11.8. The molecule has 0 aliphatic rings. The van der Waals surface area contributed by atoms with Crippen molar-refractivity contribution in [2.45, 2.75) is 13.3 Å². The van der Waals surface area contributed by atoms with Crippen LogP contribution < -0.4 is 4.72 Å². The van der Waals surface area contributed by atoms with E-state index in [0.717, 1.165) is 16.5 Å². The van der Waals surface area contributed by atoms with Crippen molar-refractivity contribution < 1.29 is 18.3 Å². The van der Waals surface area contributed by atoms with Gasteiger partial charge in [-0.05, 0) is 31.5 Å². The lowest BCUT2D eigenvalue weighted by Crippen LogP contribution is -2.31. The standard InChI is InChI=1S/C16H17ClN4O4S/c1-10-13(6-8-26(24,25)19-16(22)23)15(20(2)18-10)21-7-5-11-3-4-12(17)9-14(11)21/h3-5,7,9,19H,6,8H2,1-2H3,(H,22,23). The summed E-state index contributed by atoms with van der Waals surface area (Å²) in [6.45, 7) is 1.79.